The van der Waals surface area contributed by atoms with Crippen molar-refractivity contribution in [1.82, 2.24) is 20.2 Å². The smallest absolute Gasteiger partial charge is 0.219 e. The van der Waals surface area contributed by atoms with Crippen LogP contribution in [0.25, 0.3) is 0 Å². The van der Waals surface area contributed by atoms with Crippen molar-refractivity contribution in [3.8, 4) is 0 Å². The summed E-state index contributed by atoms with van der Waals surface area (Å²) in [6.45, 7) is 0. The average molecular weight is 240 g/mol. The molecule has 0 atom stereocenters. The van der Waals surface area contributed by atoms with E-state index in [-0.39, 0.29) is 0 Å². The van der Waals surface area contributed by atoms with Crippen LogP contribution in [-0.2, 0) is 5.75 Å². The highest BCUT2D eigenvalue weighted by atomic mass is 32.2. The quantitative estimate of drug-likeness (QED) is 0.355. The van der Waals surface area contributed by atoms with E-state index in [9.17, 15) is 0 Å². The molecule has 15 heavy (non-hydrogen) atoms. The van der Waals surface area contributed by atoms with Crippen molar-refractivity contribution in [2.45, 2.75) is 10.9 Å². The van der Waals surface area contributed by atoms with E-state index < -0.39 is 0 Å². The normalized spacial score (nSPS) is 10.2. The highest BCUT2D eigenvalue weighted by molar-refractivity contribution is 7.98. The maximum Gasteiger partial charge on any atom is 0.219 e. The second-order valence-electron chi connectivity index (χ2n) is 2.47. The highest BCUT2D eigenvalue weighted by Crippen LogP contribution is 2.22. The molecular weight excluding hydrogens is 232 g/mol. The van der Waals surface area contributed by atoms with Crippen molar-refractivity contribution in [1.29, 1.82) is 0 Å². The molecule has 0 spiro atoms. The van der Waals surface area contributed by atoms with E-state index in [1.165, 1.54) is 23.1 Å². The Hall–Kier alpha value is -1.25. The molecule has 0 radical (unpaired) electrons. The van der Waals surface area contributed by atoms with Crippen LogP contribution in [0.4, 0.5) is 5.13 Å². The van der Waals surface area contributed by atoms with Crippen molar-refractivity contribution in [3.05, 3.63) is 23.5 Å². The first kappa shape index (κ1) is 10.3. The number of hydrogen-bond donors (Lipinski definition) is 2. The Morgan fingerprint density at radius 3 is 2.80 bits per heavy atom. The molecule has 0 bridgehead atoms. The van der Waals surface area contributed by atoms with Gasteiger partial charge in [-0.1, -0.05) is 23.1 Å². The lowest BCUT2D eigenvalue weighted by atomic mass is 10.7. The molecule has 2 aromatic heterocycles. The minimum absolute atomic E-state index is 0.611. The van der Waals surface area contributed by atoms with Crippen LogP contribution in [0.3, 0.4) is 0 Å². The number of thioether (sulfide) groups is 1. The van der Waals surface area contributed by atoms with Crippen LogP contribution in [0.5, 0.6) is 0 Å². The molecule has 6 nitrogen and oxygen atoms in total. The van der Waals surface area contributed by atoms with Gasteiger partial charge in [0.15, 0.2) is 5.16 Å². The summed E-state index contributed by atoms with van der Waals surface area (Å²) >= 11 is 2.93. The number of anilines is 1. The summed E-state index contributed by atoms with van der Waals surface area (Å²) in [6, 6.07) is 1.78. The summed E-state index contributed by atoms with van der Waals surface area (Å²) in [5.41, 5.74) is 2.45. The Kier molecular flexibility index (Phi) is 3.43. The van der Waals surface area contributed by atoms with Gasteiger partial charge in [0.25, 0.3) is 0 Å². The first-order valence-electron chi connectivity index (χ1n) is 4.07. The Balaban J connectivity index is 1.93. The lowest BCUT2D eigenvalue weighted by Crippen LogP contribution is -2.05. The SMILES string of the molecule is NNc1nnc(CSc2ncccn2)s1. The predicted molar refractivity (Wildman–Crippen MR) is 59.3 cm³/mol. The molecule has 0 aliphatic carbocycles. The van der Waals surface area contributed by atoms with Gasteiger partial charge in [0, 0.05) is 12.4 Å². The lowest BCUT2D eigenvalue weighted by molar-refractivity contribution is 0.963. The molecule has 0 saturated heterocycles. The monoisotopic (exact) mass is 240 g/mol. The zero-order valence-electron chi connectivity index (χ0n) is 7.62. The summed E-state index contributed by atoms with van der Waals surface area (Å²) < 4.78 is 0. The standard InChI is InChI=1S/C7H8N6S2/c8-11-7-13-12-5(15-7)4-14-6-9-2-1-3-10-6/h1-3H,4,8H2,(H,11,13). The van der Waals surface area contributed by atoms with Crippen molar-refractivity contribution in [2.75, 3.05) is 5.43 Å². The van der Waals surface area contributed by atoms with Crippen LogP contribution in [0.15, 0.2) is 23.6 Å². The van der Waals surface area contributed by atoms with Gasteiger partial charge in [0.1, 0.15) is 5.01 Å². The maximum absolute atomic E-state index is 5.20. The molecule has 0 unspecified atom stereocenters. The first-order valence-corrected chi connectivity index (χ1v) is 5.87. The number of nitrogens with two attached hydrogens (primary N) is 1. The molecule has 0 aliphatic heterocycles. The molecule has 78 valence electrons. The van der Waals surface area contributed by atoms with E-state index in [1.54, 1.807) is 18.5 Å². The number of hydrogen-bond acceptors (Lipinski definition) is 8. The highest BCUT2D eigenvalue weighted by Gasteiger charge is 2.04. The van der Waals surface area contributed by atoms with Gasteiger partial charge in [-0.25, -0.2) is 15.8 Å². The van der Waals surface area contributed by atoms with Crippen LogP contribution in [0.1, 0.15) is 5.01 Å². The number of hydrazine groups is 1. The molecule has 2 heterocycles. The van der Waals surface area contributed by atoms with Crippen LogP contribution in [0, 0.1) is 0 Å². The molecule has 0 fully saturated rings. The summed E-state index contributed by atoms with van der Waals surface area (Å²) in [6.07, 6.45) is 3.42. The van der Waals surface area contributed by atoms with Crippen LogP contribution in [0.2, 0.25) is 0 Å². The lowest BCUT2D eigenvalue weighted by Gasteiger charge is -1.94. The van der Waals surface area contributed by atoms with E-state index in [0.29, 0.717) is 10.9 Å². The third-order valence-corrected chi connectivity index (χ3v) is 3.38. The predicted octanol–water partition coefficient (Wildman–Crippen LogP) is 0.906. The fourth-order valence-corrected chi connectivity index (χ4v) is 2.30. The van der Waals surface area contributed by atoms with Gasteiger partial charge >= 0.3 is 0 Å². The topological polar surface area (TPSA) is 89.6 Å². The zero-order valence-corrected chi connectivity index (χ0v) is 9.25. The number of aromatic nitrogens is 4. The van der Waals surface area contributed by atoms with E-state index >= 15 is 0 Å². The second kappa shape index (κ2) is 5.01. The van der Waals surface area contributed by atoms with Gasteiger partial charge < -0.3 is 0 Å². The third kappa shape index (κ3) is 2.85. The summed E-state index contributed by atoms with van der Waals surface area (Å²) in [7, 11) is 0. The fourth-order valence-electron chi connectivity index (χ4n) is 0.856. The van der Waals surface area contributed by atoms with E-state index in [4.69, 9.17) is 5.84 Å². The number of rotatable bonds is 4. The van der Waals surface area contributed by atoms with Crippen LogP contribution in [-0.4, -0.2) is 20.2 Å². The van der Waals surface area contributed by atoms with Gasteiger partial charge in [0.2, 0.25) is 5.13 Å². The molecule has 0 amide bonds. The van der Waals surface area contributed by atoms with Crippen LogP contribution >= 0.6 is 23.1 Å². The third-order valence-electron chi connectivity index (χ3n) is 1.46. The summed E-state index contributed by atoms with van der Waals surface area (Å²) in [4.78, 5) is 8.18. The number of nitrogens with zero attached hydrogens (tertiary/aromatic N) is 4. The summed E-state index contributed by atoms with van der Waals surface area (Å²) in [5, 5.41) is 10.0. The van der Waals surface area contributed by atoms with Crippen molar-refractivity contribution in [3.63, 3.8) is 0 Å². The second-order valence-corrected chi connectivity index (χ2v) is 4.47. The average Bonchev–Trinajstić information content (AvgIpc) is 2.76. The number of nitrogen functional groups attached to an aromatic ring is 1. The maximum atomic E-state index is 5.20. The van der Waals surface area contributed by atoms with Gasteiger partial charge in [0.05, 0.1) is 5.75 Å². The van der Waals surface area contributed by atoms with Gasteiger partial charge in [-0.3, -0.25) is 5.43 Å². The van der Waals surface area contributed by atoms with Crippen LogP contribution < -0.4 is 11.3 Å². The van der Waals surface area contributed by atoms with E-state index in [0.717, 1.165) is 10.2 Å². The molecule has 0 aromatic carbocycles. The molecule has 0 saturated carbocycles. The van der Waals surface area contributed by atoms with E-state index in [1.807, 2.05) is 0 Å². The Morgan fingerprint density at radius 1 is 1.33 bits per heavy atom. The Labute approximate surface area is 94.3 Å². The first-order chi connectivity index (χ1) is 7.38. The minimum atomic E-state index is 0.611. The zero-order chi connectivity index (χ0) is 10.5. The van der Waals surface area contributed by atoms with Crippen molar-refractivity contribution in [2.24, 2.45) is 5.84 Å². The molecule has 0 aliphatic rings. The van der Waals surface area contributed by atoms with Crippen molar-refractivity contribution < 1.29 is 0 Å². The minimum Gasteiger partial charge on any atom is -0.298 e. The fraction of sp³-hybridized carbons (Fsp3) is 0.143. The molecule has 8 heteroatoms. The van der Waals surface area contributed by atoms with E-state index in [2.05, 4.69) is 25.6 Å². The number of nitrogens with one attached hydrogen (secondary N) is 1. The largest absolute Gasteiger partial charge is 0.298 e. The van der Waals surface area contributed by atoms with Gasteiger partial charge in [-0.05, 0) is 6.07 Å². The molecular formula is C7H8N6S2. The molecule has 2 aromatic rings. The summed E-state index contributed by atoms with van der Waals surface area (Å²) in [5.74, 6) is 5.89. The molecule has 2 rings (SSSR count). The van der Waals surface area contributed by atoms with Gasteiger partial charge in [-0.15, -0.1) is 10.2 Å². The van der Waals surface area contributed by atoms with Crippen molar-refractivity contribution >= 4 is 28.2 Å². The molecule has 3 N–H and O–H groups in total. The Morgan fingerprint density at radius 2 is 2.13 bits per heavy atom. The Bertz CT molecular complexity index is 416. The van der Waals surface area contributed by atoms with Gasteiger partial charge in [-0.2, -0.15) is 0 Å².